The van der Waals surface area contributed by atoms with Crippen LogP contribution in [0.2, 0.25) is 0 Å². The van der Waals surface area contributed by atoms with Crippen LogP contribution in [0, 0.1) is 0 Å². The second-order valence-electron chi connectivity index (χ2n) is 5.15. The first kappa shape index (κ1) is 17.0. The highest BCUT2D eigenvalue weighted by Crippen LogP contribution is 2.16. The number of oxime groups is 1. The fraction of sp³-hybridized carbons (Fsp3) is 0.500. The molecule has 5 nitrogen and oxygen atoms in total. The van der Waals surface area contributed by atoms with Crippen molar-refractivity contribution in [3.05, 3.63) is 29.8 Å². The number of benzene rings is 1. The van der Waals surface area contributed by atoms with Gasteiger partial charge in [0.2, 0.25) is 5.91 Å². The lowest BCUT2D eigenvalue weighted by Gasteiger charge is -2.17. The van der Waals surface area contributed by atoms with Gasteiger partial charge < -0.3 is 15.8 Å². The molecule has 0 spiro atoms. The fourth-order valence-electron chi connectivity index (χ4n) is 2.11. The summed E-state index contributed by atoms with van der Waals surface area (Å²) in [7, 11) is 1.77. The molecule has 5 heteroatoms. The molecule has 116 valence electrons. The molecule has 0 unspecified atom stereocenters. The van der Waals surface area contributed by atoms with Gasteiger partial charge in [-0.2, -0.15) is 0 Å². The third-order valence-electron chi connectivity index (χ3n) is 3.53. The SMILES string of the molecule is CCCCCCCC(=O)N(C)c1ccc(C(N)=NO)cc1. The molecule has 0 saturated carbocycles. The van der Waals surface area contributed by atoms with E-state index in [9.17, 15) is 4.79 Å². The molecule has 21 heavy (non-hydrogen) atoms. The molecule has 0 fully saturated rings. The predicted molar refractivity (Wildman–Crippen MR) is 85.7 cm³/mol. The summed E-state index contributed by atoms with van der Waals surface area (Å²) in [5, 5.41) is 11.6. The van der Waals surface area contributed by atoms with Crippen molar-refractivity contribution in [2.24, 2.45) is 10.9 Å². The van der Waals surface area contributed by atoms with Crippen LogP contribution in [0.4, 0.5) is 5.69 Å². The molecule has 0 aromatic heterocycles. The van der Waals surface area contributed by atoms with Gasteiger partial charge in [-0.25, -0.2) is 0 Å². The van der Waals surface area contributed by atoms with Gasteiger partial charge in [0.05, 0.1) is 0 Å². The molecular weight excluding hydrogens is 266 g/mol. The van der Waals surface area contributed by atoms with Gasteiger partial charge in [0.25, 0.3) is 0 Å². The molecular formula is C16H25N3O2. The number of unbranched alkanes of at least 4 members (excludes halogenated alkanes) is 4. The van der Waals surface area contributed by atoms with Crippen LogP contribution in [-0.4, -0.2) is 24.0 Å². The number of carbonyl (C=O) groups excluding carboxylic acids is 1. The van der Waals surface area contributed by atoms with E-state index in [0.29, 0.717) is 12.0 Å². The molecule has 0 atom stereocenters. The molecule has 1 aromatic carbocycles. The smallest absolute Gasteiger partial charge is 0.226 e. The van der Waals surface area contributed by atoms with E-state index in [4.69, 9.17) is 10.9 Å². The number of amidine groups is 1. The zero-order chi connectivity index (χ0) is 15.7. The largest absolute Gasteiger partial charge is 0.409 e. The molecule has 3 N–H and O–H groups in total. The number of rotatable bonds is 8. The number of anilines is 1. The second-order valence-corrected chi connectivity index (χ2v) is 5.15. The predicted octanol–water partition coefficient (Wildman–Crippen LogP) is 3.10. The van der Waals surface area contributed by atoms with Crippen molar-refractivity contribution in [3.63, 3.8) is 0 Å². The van der Waals surface area contributed by atoms with Crippen molar-refractivity contribution in [3.8, 4) is 0 Å². The minimum Gasteiger partial charge on any atom is -0.409 e. The van der Waals surface area contributed by atoms with E-state index >= 15 is 0 Å². The van der Waals surface area contributed by atoms with Crippen molar-refractivity contribution < 1.29 is 10.0 Å². The zero-order valence-corrected chi connectivity index (χ0v) is 12.9. The summed E-state index contributed by atoms with van der Waals surface area (Å²) in [5.74, 6) is 0.175. The third-order valence-corrected chi connectivity index (χ3v) is 3.53. The lowest BCUT2D eigenvalue weighted by atomic mass is 10.1. The summed E-state index contributed by atoms with van der Waals surface area (Å²) in [5.41, 5.74) is 6.94. The van der Waals surface area contributed by atoms with Crippen molar-refractivity contribution in [1.29, 1.82) is 0 Å². The fourth-order valence-corrected chi connectivity index (χ4v) is 2.11. The number of hydrogen-bond acceptors (Lipinski definition) is 3. The molecule has 0 aliphatic carbocycles. The molecule has 0 aliphatic heterocycles. The van der Waals surface area contributed by atoms with Crippen LogP contribution in [-0.2, 0) is 4.79 Å². The van der Waals surface area contributed by atoms with Crippen molar-refractivity contribution >= 4 is 17.4 Å². The first-order chi connectivity index (χ1) is 10.1. The van der Waals surface area contributed by atoms with E-state index < -0.39 is 0 Å². The Morgan fingerprint density at radius 2 is 1.81 bits per heavy atom. The van der Waals surface area contributed by atoms with E-state index in [1.165, 1.54) is 19.3 Å². The number of nitrogens with zero attached hydrogens (tertiary/aromatic N) is 2. The monoisotopic (exact) mass is 291 g/mol. The van der Waals surface area contributed by atoms with Gasteiger partial charge in [-0.1, -0.05) is 37.8 Å². The lowest BCUT2D eigenvalue weighted by molar-refractivity contribution is -0.118. The maximum atomic E-state index is 12.1. The molecule has 0 bridgehead atoms. The van der Waals surface area contributed by atoms with Crippen LogP contribution in [0.25, 0.3) is 0 Å². The van der Waals surface area contributed by atoms with Crippen LogP contribution in [0.15, 0.2) is 29.4 Å². The Kier molecular flexibility index (Phi) is 7.29. The summed E-state index contributed by atoms with van der Waals surface area (Å²) < 4.78 is 0. The highest BCUT2D eigenvalue weighted by molar-refractivity contribution is 5.98. The first-order valence-corrected chi connectivity index (χ1v) is 7.44. The Morgan fingerprint density at radius 1 is 1.19 bits per heavy atom. The average Bonchev–Trinajstić information content (AvgIpc) is 2.53. The molecule has 0 aliphatic rings. The van der Waals surface area contributed by atoms with Gasteiger partial charge in [0.1, 0.15) is 0 Å². The molecule has 1 aromatic rings. The van der Waals surface area contributed by atoms with E-state index in [2.05, 4.69) is 12.1 Å². The Labute approximate surface area is 126 Å². The summed E-state index contributed by atoms with van der Waals surface area (Å²) in [6.45, 7) is 2.18. The number of nitrogens with two attached hydrogens (primary N) is 1. The second kappa shape index (κ2) is 9.00. The van der Waals surface area contributed by atoms with E-state index in [0.717, 1.165) is 18.5 Å². The van der Waals surface area contributed by atoms with E-state index in [1.807, 2.05) is 0 Å². The first-order valence-electron chi connectivity index (χ1n) is 7.44. The van der Waals surface area contributed by atoms with Crippen LogP contribution in [0.1, 0.15) is 51.0 Å². The van der Waals surface area contributed by atoms with Crippen molar-refractivity contribution in [2.75, 3.05) is 11.9 Å². The Balaban J connectivity index is 2.50. The Hall–Kier alpha value is -2.04. The average molecular weight is 291 g/mol. The molecule has 1 rings (SSSR count). The maximum Gasteiger partial charge on any atom is 0.226 e. The zero-order valence-electron chi connectivity index (χ0n) is 12.9. The third kappa shape index (κ3) is 5.45. The van der Waals surface area contributed by atoms with Crippen molar-refractivity contribution in [1.82, 2.24) is 0 Å². The minimum absolute atomic E-state index is 0.0615. The maximum absolute atomic E-state index is 12.1. The van der Waals surface area contributed by atoms with Gasteiger partial charge in [0, 0.05) is 24.7 Å². The Morgan fingerprint density at radius 3 is 2.38 bits per heavy atom. The topological polar surface area (TPSA) is 78.9 Å². The highest BCUT2D eigenvalue weighted by Gasteiger charge is 2.10. The molecule has 1 amide bonds. The van der Waals surface area contributed by atoms with Crippen LogP contribution >= 0.6 is 0 Å². The molecule has 0 radical (unpaired) electrons. The number of hydrogen-bond donors (Lipinski definition) is 2. The summed E-state index contributed by atoms with van der Waals surface area (Å²) in [4.78, 5) is 13.7. The van der Waals surface area contributed by atoms with E-state index in [1.54, 1.807) is 36.2 Å². The van der Waals surface area contributed by atoms with Crippen LogP contribution in [0.5, 0.6) is 0 Å². The number of amides is 1. The molecule has 0 heterocycles. The van der Waals surface area contributed by atoms with Gasteiger partial charge in [0.15, 0.2) is 5.84 Å². The standard InChI is InChI=1S/C16H25N3O2/c1-3-4-5-6-7-8-15(20)19(2)14-11-9-13(10-12-14)16(17)18-21/h9-12,21H,3-8H2,1-2H3,(H2,17,18). The van der Waals surface area contributed by atoms with Gasteiger partial charge in [-0.15, -0.1) is 0 Å². The van der Waals surface area contributed by atoms with Crippen LogP contribution in [0.3, 0.4) is 0 Å². The van der Waals surface area contributed by atoms with Gasteiger partial charge >= 0.3 is 0 Å². The normalized spacial score (nSPS) is 11.4. The van der Waals surface area contributed by atoms with Crippen molar-refractivity contribution in [2.45, 2.75) is 45.4 Å². The minimum atomic E-state index is 0.0615. The lowest BCUT2D eigenvalue weighted by Crippen LogP contribution is -2.26. The highest BCUT2D eigenvalue weighted by atomic mass is 16.4. The van der Waals surface area contributed by atoms with Gasteiger partial charge in [-0.05, 0) is 30.7 Å². The summed E-state index contributed by atoms with van der Waals surface area (Å²) in [6.07, 6.45) is 6.26. The van der Waals surface area contributed by atoms with Crippen LogP contribution < -0.4 is 10.6 Å². The summed E-state index contributed by atoms with van der Waals surface area (Å²) in [6, 6.07) is 7.05. The van der Waals surface area contributed by atoms with E-state index in [-0.39, 0.29) is 11.7 Å². The van der Waals surface area contributed by atoms with Gasteiger partial charge in [-0.3, -0.25) is 4.79 Å². The molecule has 0 saturated heterocycles. The quantitative estimate of drug-likeness (QED) is 0.254. The summed E-state index contributed by atoms with van der Waals surface area (Å²) >= 11 is 0. The number of carbonyl (C=O) groups is 1. The Bertz CT molecular complexity index is 469.